The van der Waals surface area contributed by atoms with Crippen molar-refractivity contribution < 1.29 is 4.79 Å². The zero-order chi connectivity index (χ0) is 14.0. The van der Waals surface area contributed by atoms with Gasteiger partial charge in [0.05, 0.1) is 0 Å². The van der Waals surface area contributed by atoms with Gasteiger partial charge in [-0.25, -0.2) is 0 Å². The van der Waals surface area contributed by atoms with Gasteiger partial charge in [-0.15, -0.1) is 0 Å². The number of amides is 1. The number of para-hydroxylation sites is 1. The van der Waals surface area contributed by atoms with E-state index >= 15 is 0 Å². The number of nitrogens with zero attached hydrogens (tertiary/aromatic N) is 2. The molecule has 1 N–H and O–H groups in total. The molecular formula is C15H23N3O. The second-order valence-electron chi connectivity index (χ2n) is 5.60. The van der Waals surface area contributed by atoms with Crippen molar-refractivity contribution in [2.75, 3.05) is 32.6 Å². The van der Waals surface area contributed by atoms with Gasteiger partial charge in [-0.3, -0.25) is 4.79 Å². The Balaban J connectivity index is 2.18. The molecule has 4 heteroatoms. The molecule has 2 rings (SSSR count). The highest BCUT2D eigenvalue weighted by Crippen LogP contribution is 2.33. The van der Waals surface area contributed by atoms with E-state index in [0.29, 0.717) is 12.5 Å². The molecule has 2 atom stereocenters. The summed E-state index contributed by atoms with van der Waals surface area (Å²) in [6.07, 6.45) is 0.533. The van der Waals surface area contributed by atoms with Crippen molar-refractivity contribution in [3.63, 3.8) is 0 Å². The Labute approximate surface area is 115 Å². The van der Waals surface area contributed by atoms with Crippen LogP contribution in [0.5, 0.6) is 0 Å². The van der Waals surface area contributed by atoms with Gasteiger partial charge in [0.2, 0.25) is 5.91 Å². The van der Waals surface area contributed by atoms with E-state index in [2.05, 4.69) is 37.3 Å². The van der Waals surface area contributed by atoms with Gasteiger partial charge in [0.1, 0.15) is 0 Å². The Morgan fingerprint density at radius 3 is 2.79 bits per heavy atom. The Kier molecular flexibility index (Phi) is 4.22. The normalized spacial score (nSPS) is 20.6. The van der Waals surface area contributed by atoms with Crippen LogP contribution < -0.4 is 10.2 Å². The first kappa shape index (κ1) is 14.0. The maximum Gasteiger partial charge on any atom is 0.228 e. The van der Waals surface area contributed by atoms with E-state index in [1.165, 1.54) is 5.56 Å². The maximum atomic E-state index is 12.0. The van der Waals surface area contributed by atoms with Gasteiger partial charge in [-0.1, -0.05) is 18.2 Å². The minimum atomic E-state index is 0.120. The van der Waals surface area contributed by atoms with Crippen molar-refractivity contribution in [2.45, 2.75) is 25.4 Å². The summed E-state index contributed by atoms with van der Waals surface area (Å²) in [5.41, 5.74) is 2.24. The second-order valence-corrected chi connectivity index (χ2v) is 5.60. The lowest BCUT2D eigenvalue weighted by Crippen LogP contribution is -2.43. The third-order valence-corrected chi connectivity index (χ3v) is 3.55. The van der Waals surface area contributed by atoms with E-state index in [1.807, 2.05) is 25.2 Å². The van der Waals surface area contributed by atoms with Gasteiger partial charge in [-0.05, 0) is 32.6 Å². The van der Waals surface area contributed by atoms with E-state index < -0.39 is 0 Å². The molecule has 0 spiro atoms. The molecule has 1 aliphatic rings. The minimum absolute atomic E-state index is 0.120. The first-order valence-electron chi connectivity index (χ1n) is 6.75. The summed E-state index contributed by atoms with van der Waals surface area (Å²) < 4.78 is 0. The molecule has 104 valence electrons. The van der Waals surface area contributed by atoms with Crippen LogP contribution in [0.15, 0.2) is 24.3 Å². The monoisotopic (exact) mass is 261 g/mol. The van der Waals surface area contributed by atoms with Crippen LogP contribution in [0, 0.1) is 0 Å². The van der Waals surface area contributed by atoms with Crippen LogP contribution in [-0.4, -0.2) is 44.5 Å². The largest absolute Gasteiger partial charge is 0.315 e. The molecule has 0 aliphatic carbocycles. The van der Waals surface area contributed by atoms with Gasteiger partial charge < -0.3 is 15.1 Å². The van der Waals surface area contributed by atoms with Crippen LogP contribution >= 0.6 is 0 Å². The topological polar surface area (TPSA) is 35.6 Å². The Bertz CT molecular complexity index is 458. The summed E-state index contributed by atoms with van der Waals surface area (Å²) in [7, 11) is 5.97. The Morgan fingerprint density at radius 2 is 2.11 bits per heavy atom. The van der Waals surface area contributed by atoms with Gasteiger partial charge in [0.25, 0.3) is 0 Å². The van der Waals surface area contributed by atoms with Crippen molar-refractivity contribution >= 4 is 11.6 Å². The van der Waals surface area contributed by atoms with Crippen LogP contribution in [-0.2, 0) is 4.79 Å². The highest BCUT2D eigenvalue weighted by atomic mass is 16.2. The van der Waals surface area contributed by atoms with Crippen molar-refractivity contribution in [3.8, 4) is 0 Å². The smallest absolute Gasteiger partial charge is 0.228 e. The number of carbonyl (C=O) groups excluding carboxylic acids is 1. The fourth-order valence-corrected chi connectivity index (χ4v) is 2.74. The molecule has 0 saturated heterocycles. The van der Waals surface area contributed by atoms with Gasteiger partial charge in [-0.2, -0.15) is 0 Å². The molecule has 0 saturated carbocycles. The predicted molar refractivity (Wildman–Crippen MR) is 78.4 cm³/mol. The summed E-state index contributed by atoms with van der Waals surface area (Å²) in [4.78, 5) is 16.0. The number of anilines is 1. The average Bonchev–Trinajstić information content (AvgIpc) is 2.34. The lowest BCUT2D eigenvalue weighted by molar-refractivity contribution is -0.119. The molecule has 1 aromatic rings. The lowest BCUT2D eigenvalue weighted by Gasteiger charge is -2.34. The molecule has 0 aromatic heterocycles. The average molecular weight is 261 g/mol. The molecule has 1 amide bonds. The zero-order valence-electron chi connectivity index (χ0n) is 12.2. The van der Waals surface area contributed by atoms with Crippen molar-refractivity contribution in [1.82, 2.24) is 10.2 Å². The van der Waals surface area contributed by atoms with E-state index in [9.17, 15) is 4.79 Å². The van der Waals surface area contributed by atoms with Crippen molar-refractivity contribution in [2.24, 2.45) is 0 Å². The van der Waals surface area contributed by atoms with Crippen molar-refractivity contribution in [1.29, 1.82) is 0 Å². The molecule has 2 unspecified atom stereocenters. The molecule has 0 bridgehead atoms. The van der Waals surface area contributed by atoms with Gasteiger partial charge in [0.15, 0.2) is 0 Å². The van der Waals surface area contributed by atoms with Crippen molar-refractivity contribution in [3.05, 3.63) is 29.8 Å². The van der Waals surface area contributed by atoms with Crippen LogP contribution in [0.3, 0.4) is 0 Å². The highest BCUT2D eigenvalue weighted by molar-refractivity contribution is 5.96. The van der Waals surface area contributed by atoms with Crippen LogP contribution in [0.4, 0.5) is 5.69 Å². The first-order chi connectivity index (χ1) is 8.99. The summed E-state index contributed by atoms with van der Waals surface area (Å²) in [6.45, 7) is 3.12. The molecule has 1 aliphatic heterocycles. The van der Waals surface area contributed by atoms with Gasteiger partial charge >= 0.3 is 0 Å². The van der Waals surface area contributed by atoms with Crippen LogP contribution in [0.1, 0.15) is 24.9 Å². The number of rotatable bonds is 4. The number of hydrogen-bond acceptors (Lipinski definition) is 3. The second kappa shape index (κ2) is 5.72. The van der Waals surface area contributed by atoms with E-state index in [4.69, 9.17) is 0 Å². The third kappa shape index (κ3) is 3.14. The first-order valence-corrected chi connectivity index (χ1v) is 6.75. The van der Waals surface area contributed by atoms with Crippen LogP contribution in [0.2, 0.25) is 0 Å². The van der Waals surface area contributed by atoms with Gasteiger partial charge in [0, 0.05) is 37.8 Å². The van der Waals surface area contributed by atoms with E-state index in [-0.39, 0.29) is 11.9 Å². The molecule has 1 aromatic carbocycles. The highest BCUT2D eigenvalue weighted by Gasteiger charge is 2.29. The number of hydrogen-bond donors (Lipinski definition) is 1. The molecule has 4 nitrogen and oxygen atoms in total. The molecule has 19 heavy (non-hydrogen) atoms. The molecular weight excluding hydrogens is 238 g/mol. The molecule has 0 radical (unpaired) electrons. The number of likely N-dealkylation sites (N-methyl/N-ethyl adjacent to an activating group) is 1. The summed E-state index contributed by atoms with van der Waals surface area (Å²) in [5.74, 6) is 0.174. The SMILES string of the molecule is CC(CN(C)C)NC1CC(=O)N(C)c2ccccc21. The van der Waals surface area contributed by atoms with E-state index in [0.717, 1.165) is 12.2 Å². The lowest BCUT2D eigenvalue weighted by atomic mass is 9.95. The van der Waals surface area contributed by atoms with Crippen LogP contribution in [0.25, 0.3) is 0 Å². The van der Waals surface area contributed by atoms with E-state index in [1.54, 1.807) is 4.90 Å². The minimum Gasteiger partial charge on any atom is -0.315 e. The summed E-state index contributed by atoms with van der Waals surface area (Å²) in [6, 6.07) is 8.61. The number of nitrogens with one attached hydrogen (secondary N) is 1. The molecule has 1 heterocycles. The third-order valence-electron chi connectivity index (χ3n) is 3.55. The zero-order valence-corrected chi connectivity index (χ0v) is 12.2. The predicted octanol–water partition coefficient (Wildman–Crippen LogP) is 1.63. The fourth-order valence-electron chi connectivity index (χ4n) is 2.74. The number of benzene rings is 1. The number of carbonyl (C=O) groups is 1. The molecule has 0 fully saturated rings. The summed E-state index contributed by atoms with van der Waals surface area (Å²) >= 11 is 0. The Hall–Kier alpha value is -1.39. The fraction of sp³-hybridized carbons (Fsp3) is 0.533. The standard InChI is InChI=1S/C15H23N3O/c1-11(10-17(2)3)16-13-9-15(19)18(4)14-8-6-5-7-12(13)14/h5-8,11,13,16H,9-10H2,1-4H3. The maximum absolute atomic E-state index is 12.0. The quantitative estimate of drug-likeness (QED) is 0.895. The number of fused-ring (bicyclic) bond motifs is 1. The summed E-state index contributed by atoms with van der Waals surface area (Å²) in [5, 5.41) is 3.57. The Morgan fingerprint density at radius 1 is 1.42 bits per heavy atom.